The van der Waals surface area contributed by atoms with Crippen molar-refractivity contribution in [3.8, 4) is 11.5 Å². The number of methoxy groups -OCH3 is 2. The van der Waals surface area contributed by atoms with Crippen LogP contribution in [0, 0.1) is 0 Å². The Hall–Kier alpha value is -2.87. The second-order valence-electron chi connectivity index (χ2n) is 8.75. The largest absolute Gasteiger partial charge is 0.497 e. The van der Waals surface area contributed by atoms with Crippen LogP contribution in [-0.2, 0) is 12.8 Å². The zero-order valence-electron chi connectivity index (χ0n) is 24.6. The Morgan fingerprint density at radius 2 is 1.27 bits per heavy atom. The number of hydrogen-bond donors (Lipinski definition) is 3. The Bertz CT molecular complexity index is 1250. The molecule has 41 heavy (non-hydrogen) atoms. The van der Waals surface area contributed by atoms with Gasteiger partial charge in [-0.15, -0.1) is 0 Å². The lowest BCUT2D eigenvalue weighted by Gasteiger charge is -2.13. The molecule has 2 heterocycles. The van der Waals surface area contributed by atoms with Crippen molar-refractivity contribution >= 4 is 39.8 Å². The molecular weight excluding hydrogens is 580 g/mol. The number of rotatable bonds is 13. The molecule has 0 aliphatic heterocycles. The van der Waals surface area contributed by atoms with Crippen molar-refractivity contribution in [1.29, 1.82) is 0 Å². The first-order valence-corrected chi connectivity index (χ1v) is 15.1. The predicted molar refractivity (Wildman–Crippen MR) is 171 cm³/mol. The van der Waals surface area contributed by atoms with Crippen LogP contribution in [0.5, 0.6) is 11.5 Å². The maximum atomic E-state index is 5.71. The Kier molecular flexibility index (Phi) is 16.8. The molecule has 10 nitrogen and oxygen atoms in total. The molecule has 2 aromatic heterocycles. The minimum Gasteiger partial charge on any atom is -0.497 e. The Morgan fingerprint density at radius 3 is 1.73 bits per heavy atom. The Labute approximate surface area is 256 Å². The third-order valence-corrected chi connectivity index (χ3v) is 7.25. The van der Waals surface area contributed by atoms with Crippen molar-refractivity contribution in [1.82, 2.24) is 34.7 Å². The minimum absolute atomic E-state index is 0.480. The fraction of sp³-hybridized carbons (Fsp3) is 0.429. The Morgan fingerprint density at radius 1 is 0.756 bits per heavy atom. The highest BCUT2D eigenvalue weighted by Crippen LogP contribution is 2.20. The number of halogens is 1. The van der Waals surface area contributed by atoms with Gasteiger partial charge < -0.3 is 30.3 Å². The van der Waals surface area contributed by atoms with E-state index in [1.807, 2.05) is 70.7 Å². The molecule has 2 aromatic carbocycles. The van der Waals surface area contributed by atoms with Gasteiger partial charge in [0, 0.05) is 57.6 Å². The average molecular weight is 621 g/mol. The highest BCUT2D eigenvalue weighted by molar-refractivity contribution is 7.10. The lowest BCUT2D eigenvalue weighted by atomic mass is 10.1. The summed E-state index contributed by atoms with van der Waals surface area (Å²) in [6, 6.07) is 15.8. The van der Waals surface area contributed by atoms with Crippen LogP contribution in [0.2, 0.25) is 4.47 Å². The SMILES string of the molecule is CNCCN(C)c1nc(Cc2cccc(OC)c2)ns1.CNCCNC.COc1cccc(Cc2nsc(Cl)n2)c1. The molecule has 0 saturated carbocycles. The van der Waals surface area contributed by atoms with Crippen molar-refractivity contribution in [3.05, 3.63) is 75.8 Å². The summed E-state index contributed by atoms with van der Waals surface area (Å²) in [5.41, 5.74) is 2.27. The molecule has 0 amide bonds. The summed E-state index contributed by atoms with van der Waals surface area (Å²) >= 11 is 8.36. The van der Waals surface area contributed by atoms with E-state index >= 15 is 0 Å². The average Bonchev–Trinajstić information content (AvgIpc) is 3.64. The summed E-state index contributed by atoms with van der Waals surface area (Å²) in [4.78, 5) is 10.8. The van der Waals surface area contributed by atoms with Gasteiger partial charge in [-0.2, -0.15) is 8.75 Å². The maximum Gasteiger partial charge on any atom is 0.204 e. The van der Waals surface area contributed by atoms with Gasteiger partial charge >= 0.3 is 0 Å². The molecule has 224 valence electrons. The molecule has 0 unspecified atom stereocenters. The van der Waals surface area contributed by atoms with Crippen molar-refractivity contribution in [3.63, 3.8) is 0 Å². The van der Waals surface area contributed by atoms with Crippen molar-refractivity contribution < 1.29 is 9.47 Å². The molecule has 4 aromatic rings. The summed E-state index contributed by atoms with van der Waals surface area (Å²) in [5.74, 6) is 3.31. The normalized spacial score (nSPS) is 10.2. The quantitative estimate of drug-likeness (QED) is 0.190. The zero-order valence-corrected chi connectivity index (χ0v) is 27.0. The van der Waals surface area contributed by atoms with Crippen molar-refractivity contribution in [2.24, 2.45) is 0 Å². The number of anilines is 1. The van der Waals surface area contributed by atoms with Gasteiger partial charge in [0.2, 0.25) is 9.60 Å². The monoisotopic (exact) mass is 620 g/mol. The van der Waals surface area contributed by atoms with E-state index in [9.17, 15) is 0 Å². The van der Waals surface area contributed by atoms with E-state index in [1.54, 1.807) is 14.2 Å². The van der Waals surface area contributed by atoms with Crippen LogP contribution in [0.1, 0.15) is 22.8 Å². The Balaban J connectivity index is 0.000000246. The molecule has 0 radical (unpaired) electrons. The highest BCUT2D eigenvalue weighted by atomic mass is 35.5. The third kappa shape index (κ3) is 13.6. The van der Waals surface area contributed by atoms with Crippen LogP contribution in [0.15, 0.2) is 48.5 Å². The molecule has 4 rings (SSSR count). The first-order valence-electron chi connectivity index (χ1n) is 13.1. The first-order chi connectivity index (χ1) is 19.9. The fourth-order valence-corrected chi connectivity index (χ4v) is 4.63. The fourth-order valence-electron chi connectivity index (χ4n) is 3.33. The van der Waals surface area contributed by atoms with Gasteiger partial charge in [-0.3, -0.25) is 0 Å². The molecule has 0 spiro atoms. The van der Waals surface area contributed by atoms with Gasteiger partial charge in [-0.25, -0.2) is 9.97 Å². The van der Waals surface area contributed by atoms with Crippen molar-refractivity contribution in [2.45, 2.75) is 12.8 Å². The van der Waals surface area contributed by atoms with Crippen LogP contribution in [-0.4, -0.2) is 87.3 Å². The van der Waals surface area contributed by atoms with Crippen molar-refractivity contribution in [2.75, 3.05) is 73.5 Å². The van der Waals surface area contributed by atoms with Crippen LogP contribution in [0.3, 0.4) is 0 Å². The summed E-state index contributed by atoms with van der Waals surface area (Å²) in [7, 11) is 11.2. The van der Waals surface area contributed by atoms with Crippen LogP contribution >= 0.6 is 34.7 Å². The van der Waals surface area contributed by atoms with E-state index in [0.717, 1.165) is 72.0 Å². The smallest absolute Gasteiger partial charge is 0.204 e. The summed E-state index contributed by atoms with van der Waals surface area (Å²) in [6.07, 6.45) is 1.41. The summed E-state index contributed by atoms with van der Waals surface area (Å²) in [6.45, 7) is 3.96. The van der Waals surface area contributed by atoms with Gasteiger partial charge in [0.25, 0.3) is 0 Å². The summed E-state index contributed by atoms with van der Waals surface area (Å²) in [5, 5.41) is 10.1. The predicted octanol–water partition coefficient (Wildman–Crippen LogP) is 4.01. The highest BCUT2D eigenvalue weighted by Gasteiger charge is 2.09. The zero-order chi connectivity index (χ0) is 29.9. The molecule has 0 atom stereocenters. The number of nitrogens with one attached hydrogen (secondary N) is 3. The van der Waals surface area contributed by atoms with E-state index < -0.39 is 0 Å². The number of benzene rings is 2. The van der Waals surface area contributed by atoms with E-state index in [0.29, 0.717) is 10.9 Å². The molecule has 0 saturated heterocycles. The second-order valence-corrected chi connectivity index (χ2v) is 10.8. The number of nitrogens with zero attached hydrogens (tertiary/aromatic N) is 5. The molecule has 0 fully saturated rings. The van der Waals surface area contributed by atoms with E-state index in [1.165, 1.54) is 23.1 Å². The van der Waals surface area contributed by atoms with E-state index in [2.05, 4.69) is 45.6 Å². The van der Waals surface area contributed by atoms with Crippen LogP contribution in [0.25, 0.3) is 0 Å². The lowest BCUT2D eigenvalue weighted by Crippen LogP contribution is -2.26. The first kappa shape index (κ1) is 34.3. The number of aromatic nitrogens is 4. The molecule has 0 bridgehead atoms. The molecule has 0 aliphatic carbocycles. The third-order valence-electron chi connectivity index (χ3n) is 5.54. The molecule has 3 N–H and O–H groups in total. The van der Waals surface area contributed by atoms with E-state index in [-0.39, 0.29) is 0 Å². The standard InChI is InChI=1S/C14H20N4OS.C10H9ClN2OS.C4H12N2/c1-15-7-8-18(2)14-16-13(17-20-14)10-11-5-4-6-12(9-11)19-3;1-14-8-4-2-3-7(5-8)6-9-12-10(11)15-13-9;1-5-3-4-6-2/h4-6,9,15H,7-8,10H2,1-3H3;2-5H,6H2,1H3;5-6H,3-4H2,1-2H3. The molecular formula is C28H41ClN8O2S2. The maximum absolute atomic E-state index is 5.71. The van der Waals surface area contributed by atoms with Gasteiger partial charge in [0.05, 0.1) is 14.2 Å². The van der Waals surface area contributed by atoms with Gasteiger partial charge in [-0.1, -0.05) is 24.3 Å². The van der Waals surface area contributed by atoms with Gasteiger partial charge in [0.15, 0.2) is 0 Å². The number of hydrogen-bond acceptors (Lipinski definition) is 12. The van der Waals surface area contributed by atoms with Gasteiger partial charge in [-0.05, 0) is 79.7 Å². The molecule has 13 heteroatoms. The van der Waals surface area contributed by atoms with Crippen LogP contribution in [0.4, 0.5) is 5.13 Å². The topological polar surface area (TPSA) is 109 Å². The van der Waals surface area contributed by atoms with Gasteiger partial charge in [0.1, 0.15) is 23.1 Å². The number of ether oxygens (including phenoxy) is 2. The van der Waals surface area contributed by atoms with Crippen LogP contribution < -0.4 is 30.3 Å². The number of likely N-dealkylation sites (N-methyl/N-ethyl adjacent to an activating group) is 4. The summed E-state index contributed by atoms with van der Waals surface area (Å²) < 4.78 is 19.4. The lowest BCUT2D eigenvalue weighted by molar-refractivity contribution is 0.414. The molecule has 0 aliphatic rings. The minimum atomic E-state index is 0.480. The second kappa shape index (κ2) is 20.1. The van der Waals surface area contributed by atoms with E-state index in [4.69, 9.17) is 21.1 Å².